The van der Waals surface area contributed by atoms with Crippen molar-refractivity contribution in [3.8, 4) is 0 Å². The molecule has 0 aromatic heterocycles. The molecule has 0 amide bonds. The molecule has 1 rings (SSSR count). The summed E-state index contributed by atoms with van der Waals surface area (Å²) >= 11 is 0. The Morgan fingerprint density at radius 3 is 2.25 bits per heavy atom. The summed E-state index contributed by atoms with van der Waals surface area (Å²) in [7, 11) is 0. The normalized spacial score (nSPS) is 12.3. The second kappa shape index (κ2) is 9.51. The molecule has 1 atom stereocenters. The van der Waals surface area contributed by atoms with Crippen LogP contribution < -0.4 is 5.32 Å². The van der Waals surface area contributed by atoms with Crippen molar-refractivity contribution in [2.45, 2.75) is 26.3 Å². The lowest BCUT2D eigenvalue weighted by Gasteiger charge is -2.24. The summed E-state index contributed by atoms with van der Waals surface area (Å²) in [5.41, 5.74) is 2.68. The maximum absolute atomic E-state index is 3.82. The Bertz CT molecular complexity index is 384. The zero-order valence-electron chi connectivity index (χ0n) is 12.9. The molecule has 0 radical (unpaired) electrons. The molecule has 0 saturated heterocycles. The summed E-state index contributed by atoms with van der Waals surface area (Å²) in [5.74, 6) is 0. The summed E-state index contributed by atoms with van der Waals surface area (Å²) in [6.45, 7) is 15.8. The smallest absolute Gasteiger partial charge is 0.0332 e. The highest BCUT2D eigenvalue weighted by molar-refractivity contribution is 5.24. The summed E-state index contributed by atoms with van der Waals surface area (Å²) in [6, 6.07) is 9.25. The van der Waals surface area contributed by atoms with Crippen molar-refractivity contribution >= 4 is 0 Å². The van der Waals surface area contributed by atoms with Crippen LogP contribution in [0.4, 0.5) is 0 Å². The topological polar surface area (TPSA) is 15.3 Å². The lowest BCUT2D eigenvalue weighted by atomic mass is 10.0. The van der Waals surface area contributed by atoms with Crippen LogP contribution in [0.25, 0.3) is 0 Å². The van der Waals surface area contributed by atoms with E-state index in [1.807, 2.05) is 12.2 Å². The van der Waals surface area contributed by atoms with Gasteiger partial charge in [-0.25, -0.2) is 0 Å². The van der Waals surface area contributed by atoms with Crippen LogP contribution in [0.5, 0.6) is 0 Å². The minimum absolute atomic E-state index is 0.415. The van der Waals surface area contributed by atoms with E-state index >= 15 is 0 Å². The SMILES string of the molecule is C=CCN(CC=C)CCC(NCC)c1ccc(C)cc1. The van der Waals surface area contributed by atoms with Crippen LogP contribution in [0, 0.1) is 6.92 Å². The van der Waals surface area contributed by atoms with Gasteiger partial charge in [-0.05, 0) is 25.5 Å². The number of benzene rings is 1. The van der Waals surface area contributed by atoms with Crippen LogP contribution in [0.1, 0.15) is 30.5 Å². The van der Waals surface area contributed by atoms with Crippen LogP contribution in [0.3, 0.4) is 0 Å². The number of rotatable bonds is 10. The quantitative estimate of drug-likeness (QED) is 0.653. The average Bonchev–Trinajstić information content (AvgIpc) is 2.45. The Labute approximate surface area is 124 Å². The van der Waals surface area contributed by atoms with E-state index in [2.05, 4.69) is 61.5 Å². The van der Waals surface area contributed by atoms with Crippen molar-refractivity contribution in [3.63, 3.8) is 0 Å². The highest BCUT2D eigenvalue weighted by atomic mass is 15.1. The van der Waals surface area contributed by atoms with Crippen LogP contribution in [-0.2, 0) is 0 Å². The molecule has 2 nitrogen and oxygen atoms in total. The predicted molar refractivity (Wildman–Crippen MR) is 89.0 cm³/mol. The largest absolute Gasteiger partial charge is 0.310 e. The van der Waals surface area contributed by atoms with Crippen molar-refractivity contribution < 1.29 is 0 Å². The first kappa shape index (κ1) is 16.7. The molecule has 1 aromatic carbocycles. The van der Waals surface area contributed by atoms with E-state index in [0.29, 0.717) is 6.04 Å². The van der Waals surface area contributed by atoms with Crippen LogP contribution in [-0.4, -0.2) is 31.1 Å². The molecule has 1 N–H and O–H groups in total. The van der Waals surface area contributed by atoms with Crippen molar-refractivity contribution in [2.75, 3.05) is 26.2 Å². The number of hydrogen-bond acceptors (Lipinski definition) is 2. The minimum Gasteiger partial charge on any atom is -0.310 e. The van der Waals surface area contributed by atoms with Gasteiger partial charge in [-0.2, -0.15) is 0 Å². The van der Waals surface area contributed by atoms with Gasteiger partial charge in [0.05, 0.1) is 0 Å². The minimum atomic E-state index is 0.415. The number of nitrogens with one attached hydrogen (secondary N) is 1. The van der Waals surface area contributed by atoms with Crippen LogP contribution >= 0.6 is 0 Å². The first-order valence-electron chi connectivity index (χ1n) is 7.45. The van der Waals surface area contributed by atoms with Gasteiger partial charge in [0.15, 0.2) is 0 Å². The Hall–Kier alpha value is -1.38. The monoisotopic (exact) mass is 272 g/mol. The highest BCUT2D eigenvalue weighted by Crippen LogP contribution is 2.18. The van der Waals surface area contributed by atoms with E-state index < -0.39 is 0 Å². The molecule has 1 aromatic rings. The number of nitrogens with zero attached hydrogens (tertiary/aromatic N) is 1. The van der Waals surface area contributed by atoms with Gasteiger partial charge in [-0.1, -0.05) is 48.9 Å². The Kier molecular flexibility index (Phi) is 7.93. The maximum atomic E-state index is 3.82. The predicted octanol–water partition coefficient (Wildman–Crippen LogP) is 3.71. The Morgan fingerprint density at radius 1 is 1.15 bits per heavy atom. The van der Waals surface area contributed by atoms with Gasteiger partial charge in [0.25, 0.3) is 0 Å². The summed E-state index contributed by atoms with van der Waals surface area (Å²) in [5, 5.41) is 3.58. The molecule has 0 aliphatic heterocycles. The molecule has 0 bridgehead atoms. The third kappa shape index (κ3) is 5.72. The van der Waals surface area contributed by atoms with E-state index in [1.165, 1.54) is 11.1 Å². The van der Waals surface area contributed by atoms with E-state index in [-0.39, 0.29) is 0 Å². The summed E-state index contributed by atoms with van der Waals surface area (Å²) in [4.78, 5) is 2.36. The van der Waals surface area contributed by atoms with Crippen LogP contribution in [0.2, 0.25) is 0 Å². The third-order valence-corrected chi connectivity index (χ3v) is 3.44. The molecule has 0 saturated carbocycles. The van der Waals surface area contributed by atoms with Crippen LogP contribution in [0.15, 0.2) is 49.6 Å². The van der Waals surface area contributed by atoms with Gasteiger partial charge in [0.1, 0.15) is 0 Å². The second-order valence-electron chi connectivity index (χ2n) is 5.15. The molecule has 0 spiro atoms. The zero-order valence-corrected chi connectivity index (χ0v) is 12.9. The summed E-state index contributed by atoms with van der Waals surface area (Å²) in [6.07, 6.45) is 5.01. The van der Waals surface area contributed by atoms with Gasteiger partial charge in [0, 0.05) is 25.7 Å². The standard InChI is InChI=1S/C18H28N2/c1-5-13-20(14-6-2)15-12-18(19-7-3)17-10-8-16(4)9-11-17/h5-6,8-11,18-19H,1-2,7,12-15H2,3-4H3. The molecule has 0 aliphatic carbocycles. The van der Waals surface area contributed by atoms with E-state index in [1.54, 1.807) is 0 Å². The zero-order chi connectivity index (χ0) is 14.8. The van der Waals surface area contributed by atoms with Crippen molar-refractivity contribution in [2.24, 2.45) is 0 Å². The number of hydrogen-bond donors (Lipinski definition) is 1. The van der Waals surface area contributed by atoms with E-state index in [4.69, 9.17) is 0 Å². The second-order valence-corrected chi connectivity index (χ2v) is 5.15. The Morgan fingerprint density at radius 2 is 1.75 bits per heavy atom. The summed E-state index contributed by atoms with van der Waals surface area (Å²) < 4.78 is 0. The molecule has 0 heterocycles. The first-order chi connectivity index (χ1) is 9.71. The highest BCUT2D eigenvalue weighted by Gasteiger charge is 2.11. The van der Waals surface area contributed by atoms with Gasteiger partial charge < -0.3 is 5.32 Å². The van der Waals surface area contributed by atoms with Gasteiger partial charge in [0.2, 0.25) is 0 Å². The molecule has 2 heteroatoms. The molecule has 20 heavy (non-hydrogen) atoms. The molecule has 1 unspecified atom stereocenters. The van der Waals surface area contributed by atoms with Crippen molar-refractivity contribution in [1.29, 1.82) is 0 Å². The molecule has 110 valence electrons. The Balaban J connectivity index is 2.63. The van der Waals surface area contributed by atoms with E-state index in [9.17, 15) is 0 Å². The molecule has 0 fully saturated rings. The van der Waals surface area contributed by atoms with Gasteiger partial charge in [-0.3, -0.25) is 4.90 Å². The van der Waals surface area contributed by atoms with Crippen molar-refractivity contribution in [3.05, 3.63) is 60.7 Å². The van der Waals surface area contributed by atoms with E-state index in [0.717, 1.165) is 32.6 Å². The van der Waals surface area contributed by atoms with Gasteiger partial charge in [-0.15, -0.1) is 13.2 Å². The molecule has 0 aliphatic rings. The fraction of sp³-hybridized carbons (Fsp3) is 0.444. The lowest BCUT2D eigenvalue weighted by Crippen LogP contribution is -2.30. The average molecular weight is 272 g/mol. The maximum Gasteiger partial charge on any atom is 0.0332 e. The first-order valence-corrected chi connectivity index (χ1v) is 7.45. The fourth-order valence-corrected chi connectivity index (χ4v) is 2.37. The molecular weight excluding hydrogens is 244 g/mol. The lowest BCUT2D eigenvalue weighted by molar-refractivity contribution is 0.308. The molecular formula is C18H28N2. The van der Waals surface area contributed by atoms with Gasteiger partial charge >= 0.3 is 0 Å². The third-order valence-electron chi connectivity index (χ3n) is 3.44. The van der Waals surface area contributed by atoms with Crippen molar-refractivity contribution in [1.82, 2.24) is 10.2 Å². The fourth-order valence-electron chi connectivity index (χ4n) is 2.37. The number of aryl methyl sites for hydroxylation is 1.